The maximum Gasteiger partial charge on any atom is 0.417 e. The lowest BCUT2D eigenvalue weighted by molar-refractivity contribution is -0.137. The Morgan fingerprint density at radius 1 is 1.29 bits per heavy atom. The van der Waals surface area contributed by atoms with Crippen LogP contribution in [0.25, 0.3) is 0 Å². The summed E-state index contributed by atoms with van der Waals surface area (Å²) in [4.78, 5) is 3.82. The maximum atomic E-state index is 12.3. The first-order chi connectivity index (χ1) is 7.84. The third-order valence-corrected chi connectivity index (χ3v) is 3.79. The number of pyridine rings is 1. The SMILES string of the molecule is CNC(C)C(C)Sc1ccc(C(F)(F)F)cn1. The molecule has 1 aromatic rings. The molecule has 0 radical (unpaired) electrons. The van der Waals surface area contributed by atoms with Crippen LogP contribution in [-0.4, -0.2) is 23.3 Å². The number of rotatable bonds is 4. The zero-order chi connectivity index (χ0) is 13.1. The second-order valence-electron chi connectivity index (χ2n) is 3.78. The molecule has 0 saturated heterocycles. The molecule has 0 saturated carbocycles. The highest BCUT2D eigenvalue weighted by Gasteiger charge is 2.30. The van der Waals surface area contributed by atoms with Gasteiger partial charge < -0.3 is 5.32 Å². The second-order valence-corrected chi connectivity index (χ2v) is 5.18. The Balaban J connectivity index is 2.69. The number of nitrogens with zero attached hydrogens (tertiary/aromatic N) is 1. The fourth-order valence-electron chi connectivity index (χ4n) is 1.14. The minimum atomic E-state index is -4.32. The maximum absolute atomic E-state index is 12.3. The molecule has 1 heterocycles. The van der Waals surface area contributed by atoms with Gasteiger partial charge in [0, 0.05) is 17.5 Å². The highest BCUT2D eigenvalue weighted by molar-refractivity contribution is 7.99. The van der Waals surface area contributed by atoms with Crippen LogP contribution in [0.15, 0.2) is 23.4 Å². The summed E-state index contributed by atoms with van der Waals surface area (Å²) in [5.74, 6) is 0. The molecular weight excluding hydrogens is 249 g/mol. The van der Waals surface area contributed by atoms with Gasteiger partial charge in [-0.2, -0.15) is 13.2 Å². The molecule has 0 aliphatic carbocycles. The van der Waals surface area contributed by atoms with Gasteiger partial charge in [0.1, 0.15) is 0 Å². The zero-order valence-corrected chi connectivity index (χ0v) is 10.7. The standard InChI is InChI=1S/C11H15F3N2S/c1-7(15-3)8(2)17-10-5-4-9(6-16-10)11(12,13)14/h4-8,15H,1-3H3. The Morgan fingerprint density at radius 3 is 2.35 bits per heavy atom. The molecule has 0 spiro atoms. The molecule has 17 heavy (non-hydrogen) atoms. The molecule has 0 aliphatic heterocycles. The van der Waals surface area contributed by atoms with Crippen LogP contribution >= 0.6 is 11.8 Å². The van der Waals surface area contributed by atoms with E-state index in [4.69, 9.17) is 0 Å². The van der Waals surface area contributed by atoms with Crippen molar-refractivity contribution in [1.82, 2.24) is 10.3 Å². The van der Waals surface area contributed by atoms with Crippen LogP contribution in [0.1, 0.15) is 19.4 Å². The van der Waals surface area contributed by atoms with Gasteiger partial charge >= 0.3 is 6.18 Å². The van der Waals surface area contributed by atoms with Crippen LogP contribution < -0.4 is 5.32 Å². The molecule has 6 heteroatoms. The van der Waals surface area contributed by atoms with E-state index in [-0.39, 0.29) is 11.3 Å². The van der Waals surface area contributed by atoms with Gasteiger partial charge in [0.2, 0.25) is 0 Å². The predicted molar refractivity (Wildman–Crippen MR) is 63.1 cm³/mol. The minimum absolute atomic E-state index is 0.240. The van der Waals surface area contributed by atoms with Crippen molar-refractivity contribution in [2.24, 2.45) is 0 Å². The molecule has 1 aromatic heterocycles. The Hall–Kier alpha value is -0.750. The number of hydrogen-bond donors (Lipinski definition) is 1. The van der Waals surface area contributed by atoms with Crippen molar-refractivity contribution in [2.45, 2.75) is 36.3 Å². The van der Waals surface area contributed by atoms with Gasteiger partial charge in [-0.1, -0.05) is 6.92 Å². The number of alkyl halides is 3. The molecule has 0 fully saturated rings. The van der Waals surface area contributed by atoms with Crippen molar-refractivity contribution in [3.63, 3.8) is 0 Å². The van der Waals surface area contributed by atoms with Gasteiger partial charge in [-0.25, -0.2) is 4.98 Å². The molecule has 1 N–H and O–H groups in total. The Kier molecular flexibility index (Phi) is 4.82. The average Bonchev–Trinajstić information content (AvgIpc) is 2.27. The summed E-state index contributed by atoms with van der Waals surface area (Å²) in [5.41, 5.74) is -0.712. The number of hydrogen-bond acceptors (Lipinski definition) is 3. The van der Waals surface area contributed by atoms with E-state index in [1.807, 2.05) is 20.9 Å². The van der Waals surface area contributed by atoms with E-state index < -0.39 is 11.7 Å². The van der Waals surface area contributed by atoms with Crippen molar-refractivity contribution in [1.29, 1.82) is 0 Å². The topological polar surface area (TPSA) is 24.9 Å². The van der Waals surface area contributed by atoms with Crippen molar-refractivity contribution in [3.05, 3.63) is 23.9 Å². The molecule has 0 aliphatic rings. The normalized spacial score (nSPS) is 15.6. The number of halogens is 3. The summed E-state index contributed by atoms with van der Waals surface area (Å²) >= 11 is 1.45. The molecule has 0 bridgehead atoms. The second kappa shape index (κ2) is 5.73. The molecule has 0 aromatic carbocycles. The molecule has 2 nitrogen and oxygen atoms in total. The highest BCUT2D eigenvalue weighted by atomic mass is 32.2. The Bertz CT molecular complexity index is 351. The molecule has 2 atom stereocenters. The lowest BCUT2D eigenvalue weighted by Crippen LogP contribution is -2.30. The van der Waals surface area contributed by atoms with Gasteiger partial charge in [0.05, 0.1) is 10.6 Å². The van der Waals surface area contributed by atoms with Gasteiger partial charge in [-0.05, 0) is 26.1 Å². The lowest BCUT2D eigenvalue weighted by atomic mass is 10.3. The van der Waals surface area contributed by atoms with Gasteiger partial charge in [-0.3, -0.25) is 0 Å². The zero-order valence-electron chi connectivity index (χ0n) is 9.88. The van der Waals surface area contributed by atoms with Crippen LogP contribution in [-0.2, 0) is 6.18 Å². The highest BCUT2D eigenvalue weighted by Crippen LogP contribution is 2.30. The van der Waals surface area contributed by atoms with E-state index in [2.05, 4.69) is 10.3 Å². The van der Waals surface area contributed by atoms with Crippen LogP contribution in [0, 0.1) is 0 Å². The molecule has 2 unspecified atom stereocenters. The smallest absolute Gasteiger partial charge is 0.316 e. The predicted octanol–water partition coefficient (Wildman–Crippen LogP) is 3.19. The Morgan fingerprint density at radius 2 is 1.94 bits per heavy atom. The number of nitrogens with one attached hydrogen (secondary N) is 1. The summed E-state index contributed by atoms with van der Waals surface area (Å²) in [6.07, 6.45) is -3.45. The summed E-state index contributed by atoms with van der Waals surface area (Å²) in [7, 11) is 1.85. The first-order valence-corrected chi connectivity index (χ1v) is 6.09. The average molecular weight is 264 g/mol. The van der Waals surface area contributed by atoms with E-state index in [0.29, 0.717) is 5.03 Å². The summed E-state index contributed by atoms with van der Waals surface area (Å²) in [6.45, 7) is 4.02. The van der Waals surface area contributed by atoms with E-state index in [0.717, 1.165) is 12.3 Å². The molecule has 96 valence electrons. The van der Waals surface area contributed by atoms with Crippen LogP contribution in [0.5, 0.6) is 0 Å². The van der Waals surface area contributed by atoms with Gasteiger partial charge in [0.25, 0.3) is 0 Å². The van der Waals surface area contributed by atoms with Crippen LogP contribution in [0.2, 0.25) is 0 Å². The molecular formula is C11H15F3N2S. The fraction of sp³-hybridized carbons (Fsp3) is 0.545. The minimum Gasteiger partial charge on any atom is -0.316 e. The third kappa shape index (κ3) is 4.20. The van der Waals surface area contributed by atoms with E-state index in [1.165, 1.54) is 17.8 Å². The van der Waals surface area contributed by atoms with Crippen molar-refractivity contribution in [3.8, 4) is 0 Å². The monoisotopic (exact) mass is 264 g/mol. The van der Waals surface area contributed by atoms with Crippen LogP contribution in [0.3, 0.4) is 0 Å². The summed E-state index contributed by atoms with van der Waals surface area (Å²) < 4.78 is 36.9. The van der Waals surface area contributed by atoms with Crippen molar-refractivity contribution >= 4 is 11.8 Å². The largest absolute Gasteiger partial charge is 0.417 e. The van der Waals surface area contributed by atoms with Crippen molar-refractivity contribution in [2.75, 3.05) is 7.05 Å². The molecule has 0 amide bonds. The quantitative estimate of drug-likeness (QED) is 0.845. The molecule has 1 rings (SSSR count). The number of thioether (sulfide) groups is 1. The summed E-state index contributed by atoms with van der Waals surface area (Å²) in [5, 5.41) is 3.94. The first-order valence-electron chi connectivity index (χ1n) is 5.21. The van der Waals surface area contributed by atoms with E-state index in [1.54, 1.807) is 0 Å². The van der Waals surface area contributed by atoms with Crippen molar-refractivity contribution < 1.29 is 13.2 Å². The number of aromatic nitrogens is 1. The third-order valence-electron chi connectivity index (χ3n) is 2.53. The van der Waals surface area contributed by atoms with Gasteiger partial charge in [0.15, 0.2) is 0 Å². The Labute approximate surface area is 103 Å². The van der Waals surface area contributed by atoms with E-state index >= 15 is 0 Å². The fourth-order valence-corrected chi connectivity index (χ4v) is 2.13. The van der Waals surface area contributed by atoms with Crippen LogP contribution in [0.4, 0.5) is 13.2 Å². The first kappa shape index (κ1) is 14.3. The van der Waals surface area contributed by atoms with Gasteiger partial charge in [-0.15, -0.1) is 11.8 Å². The lowest BCUT2D eigenvalue weighted by Gasteiger charge is -2.18. The van der Waals surface area contributed by atoms with E-state index in [9.17, 15) is 13.2 Å². The summed E-state index contributed by atoms with van der Waals surface area (Å²) in [6, 6.07) is 2.74.